The summed E-state index contributed by atoms with van der Waals surface area (Å²) in [5.41, 5.74) is 0.436. The Balaban J connectivity index is 2.15. The molecule has 0 heterocycles. The number of hydrogen-bond acceptors (Lipinski definition) is 2. The molecule has 0 aliphatic heterocycles. The number of benzene rings is 2. The Bertz CT molecular complexity index is 686. The van der Waals surface area contributed by atoms with Gasteiger partial charge < -0.3 is 0 Å². The van der Waals surface area contributed by atoms with Gasteiger partial charge in [-0.15, -0.1) is 0 Å². The Labute approximate surface area is 134 Å². The Kier molecular flexibility index (Phi) is 5.22. The maximum atomic E-state index is 12.1. The molecule has 1 atom stereocenters. The molecule has 0 radical (unpaired) electrons. The lowest BCUT2D eigenvalue weighted by atomic mass is 10.1. The van der Waals surface area contributed by atoms with Gasteiger partial charge in [0.05, 0.1) is 26.6 Å². The van der Waals surface area contributed by atoms with E-state index in [1.807, 2.05) is 0 Å². The van der Waals surface area contributed by atoms with Gasteiger partial charge in [0.25, 0.3) is 0 Å². The largest absolute Gasteiger partial charge is 0.293 e. The number of hydrogen-bond donors (Lipinski definition) is 0. The van der Waals surface area contributed by atoms with Crippen molar-refractivity contribution in [2.24, 2.45) is 0 Å². The van der Waals surface area contributed by atoms with Crippen molar-refractivity contribution in [1.82, 2.24) is 0 Å². The monoisotopic (exact) mass is 346 g/mol. The summed E-state index contributed by atoms with van der Waals surface area (Å²) in [7, 11) is -1.47. The van der Waals surface area contributed by atoms with E-state index in [1.165, 1.54) is 6.07 Å². The average molecular weight is 348 g/mol. The van der Waals surface area contributed by atoms with Crippen molar-refractivity contribution < 1.29 is 9.00 Å². The van der Waals surface area contributed by atoms with Gasteiger partial charge in [-0.2, -0.15) is 0 Å². The third-order valence-electron chi connectivity index (χ3n) is 2.56. The number of carbonyl (C=O) groups is 1. The summed E-state index contributed by atoms with van der Waals surface area (Å²) in [6.45, 7) is 0. The van der Waals surface area contributed by atoms with Crippen LogP contribution in [0.15, 0.2) is 47.4 Å². The van der Waals surface area contributed by atoms with Gasteiger partial charge in [0, 0.05) is 15.5 Å². The summed E-state index contributed by atoms with van der Waals surface area (Å²) >= 11 is 17.5. The zero-order valence-electron chi connectivity index (χ0n) is 10.1. The fourth-order valence-electron chi connectivity index (χ4n) is 1.57. The van der Waals surface area contributed by atoms with Crippen LogP contribution in [0.3, 0.4) is 0 Å². The maximum Gasteiger partial charge on any atom is 0.175 e. The molecule has 104 valence electrons. The van der Waals surface area contributed by atoms with E-state index in [2.05, 4.69) is 0 Å². The van der Waals surface area contributed by atoms with Crippen molar-refractivity contribution in [3.05, 3.63) is 63.1 Å². The lowest BCUT2D eigenvalue weighted by molar-refractivity contribution is 0.102. The Morgan fingerprint density at radius 3 is 2.40 bits per heavy atom. The SMILES string of the molecule is O=C(CS(=O)c1ccc(Cl)c(Cl)c1)c1cccc(Cl)c1. The van der Waals surface area contributed by atoms with E-state index in [0.29, 0.717) is 25.5 Å². The van der Waals surface area contributed by atoms with E-state index in [9.17, 15) is 9.00 Å². The molecule has 2 aromatic carbocycles. The molecule has 0 amide bonds. The lowest BCUT2D eigenvalue weighted by Crippen LogP contribution is -2.11. The van der Waals surface area contributed by atoms with Gasteiger partial charge in [0.1, 0.15) is 0 Å². The van der Waals surface area contributed by atoms with Crippen molar-refractivity contribution >= 4 is 51.4 Å². The summed E-state index contributed by atoms with van der Waals surface area (Å²) in [4.78, 5) is 12.5. The fraction of sp³-hybridized carbons (Fsp3) is 0.0714. The van der Waals surface area contributed by atoms with Gasteiger partial charge >= 0.3 is 0 Å². The van der Waals surface area contributed by atoms with Crippen molar-refractivity contribution in [3.63, 3.8) is 0 Å². The zero-order valence-corrected chi connectivity index (χ0v) is 13.2. The van der Waals surface area contributed by atoms with Gasteiger partial charge in [-0.3, -0.25) is 9.00 Å². The minimum absolute atomic E-state index is 0.127. The van der Waals surface area contributed by atoms with Crippen LogP contribution in [-0.2, 0) is 10.8 Å². The summed E-state index contributed by atoms with van der Waals surface area (Å²) in [6, 6.07) is 11.2. The molecule has 0 bridgehead atoms. The number of rotatable bonds is 4. The summed E-state index contributed by atoms with van der Waals surface area (Å²) in [5, 5.41) is 1.16. The first-order chi connectivity index (χ1) is 9.47. The molecule has 0 saturated heterocycles. The normalized spacial score (nSPS) is 12.2. The van der Waals surface area contributed by atoms with E-state index < -0.39 is 10.8 Å². The second-order valence-corrected chi connectivity index (χ2v) is 6.70. The van der Waals surface area contributed by atoms with Crippen molar-refractivity contribution in [2.75, 3.05) is 5.75 Å². The molecule has 0 aliphatic rings. The third-order valence-corrected chi connectivity index (χ3v) is 4.84. The van der Waals surface area contributed by atoms with Crippen molar-refractivity contribution in [2.45, 2.75) is 4.90 Å². The summed E-state index contributed by atoms with van der Waals surface area (Å²) in [5.74, 6) is -0.366. The van der Waals surface area contributed by atoms with E-state index in [-0.39, 0.29) is 11.5 Å². The smallest absolute Gasteiger partial charge is 0.175 e. The predicted molar refractivity (Wildman–Crippen MR) is 83.5 cm³/mol. The molecule has 2 aromatic rings. The summed E-state index contributed by atoms with van der Waals surface area (Å²) < 4.78 is 12.1. The lowest BCUT2D eigenvalue weighted by Gasteiger charge is -2.04. The number of Topliss-reactive ketones (excluding diaryl/α,β-unsaturated/α-hetero) is 1. The second kappa shape index (κ2) is 6.72. The van der Waals surface area contributed by atoms with E-state index in [1.54, 1.807) is 36.4 Å². The van der Waals surface area contributed by atoms with Crippen LogP contribution in [0.2, 0.25) is 15.1 Å². The van der Waals surface area contributed by atoms with E-state index in [0.717, 1.165) is 0 Å². The molecule has 0 aromatic heterocycles. The predicted octanol–water partition coefficient (Wildman–Crippen LogP) is 4.64. The molecule has 0 N–H and O–H groups in total. The fourth-order valence-corrected chi connectivity index (χ4v) is 3.16. The van der Waals surface area contributed by atoms with Crippen LogP contribution in [0.5, 0.6) is 0 Å². The molecule has 2 rings (SSSR count). The van der Waals surface area contributed by atoms with Crippen LogP contribution in [0.4, 0.5) is 0 Å². The number of halogens is 3. The Morgan fingerprint density at radius 2 is 1.75 bits per heavy atom. The minimum atomic E-state index is -1.47. The van der Waals surface area contributed by atoms with Gasteiger partial charge in [0.15, 0.2) is 5.78 Å². The van der Waals surface area contributed by atoms with Gasteiger partial charge in [-0.1, -0.05) is 46.9 Å². The highest BCUT2D eigenvalue weighted by Gasteiger charge is 2.13. The maximum absolute atomic E-state index is 12.1. The van der Waals surface area contributed by atoms with Gasteiger partial charge in [-0.25, -0.2) is 0 Å². The van der Waals surface area contributed by atoms with Crippen LogP contribution in [0.25, 0.3) is 0 Å². The van der Waals surface area contributed by atoms with Crippen LogP contribution < -0.4 is 0 Å². The summed E-state index contributed by atoms with van der Waals surface area (Å²) in [6.07, 6.45) is 0. The first-order valence-corrected chi connectivity index (χ1v) is 8.05. The van der Waals surface area contributed by atoms with Crippen LogP contribution in [0.1, 0.15) is 10.4 Å². The molecule has 0 fully saturated rings. The molecule has 0 spiro atoms. The first kappa shape index (κ1) is 15.5. The zero-order chi connectivity index (χ0) is 14.7. The standard InChI is InChI=1S/C14H9Cl3O2S/c15-10-3-1-2-9(6-10)14(18)8-20(19)11-4-5-12(16)13(17)7-11/h1-7H,8H2. The Hall–Kier alpha value is -0.870. The quantitative estimate of drug-likeness (QED) is 0.755. The first-order valence-electron chi connectivity index (χ1n) is 5.59. The molecule has 0 saturated carbocycles. The molecule has 20 heavy (non-hydrogen) atoms. The highest BCUT2D eigenvalue weighted by atomic mass is 35.5. The molecule has 6 heteroatoms. The number of carbonyl (C=O) groups excluding carboxylic acids is 1. The molecular weight excluding hydrogens is 339 g/mol. The van der Waals surface area contributed by atoms with Crippen LogP contribution >= 0.6 is 34.8 Å². The molecular formula is C14H9Cl3O2S. The molecule has 1 unspecified atom stereocenters. The van der Waals surface area contributed by atoms with Gasteiger partial charge in [0.2, 0.25) is 0 Å². The second-order valence-electron chi connectivity index (χ2n) is 4.00. The van der Waals surface area contributed by atoms with Crippen molar-refractivity contribution in [3.8, 4) is 0 Å². The average Bonchev–Trinajstić information content (AvgIpc) is 2.41. The topological polar surface area (TPSA) is 34.1 Å². The van der Waals surface area contributed by atoms with E-state index >= 15 is 0 Å². The highest BCUT2D eigenvalue weighted by molar-refractivity contribution is 7.85. The third kappa shape index (κ3) is 3.83. The highest BCUT2D eigenvalue weighted by Crippen LogP contribution is 2.24. The van der Waals surface area contributed by atoms with E-state index in [4.69, 9.17) is 34.8 Å². The van der Waals surface area contributed by atoms with Crippen LogP contribution in [-0.4, -0.2) is 15.7 Å². The Morgan fingerprint density at radius 1 is 1.00 bits per heavy atom. The van der Waals surface area contributed by atoms with Gasteiger partial charge in [-0.05, 0) is 30.3 Å². The molecule has 0 aliphatic carbocycles. The molecule has 2 nitrogen and oxygen atoms in total. The number of ketones is 1. The minimum Gasteiger partial charge on any atom is -0.293 e. The van der Waals surface area contributed by atoms with Crippen molar-refractivity contribution in [1.29, 1.82) is 0 Å². The van der Waals surface area contributed by atoms with Crippen LogP contribution in [0, 0.1) is 0 Å².